The molecule has 6 nitrogen and oxygen atoms in total. The Morgan fingerprint density at radius 2 is 2.38 bits per heavy atom. The number of nitrogens with two attached hydrogens (primary N) is 1. The second-order valence-corrected chi connectivity index (χ2v) is 4.41. The summed E-state index contributed by atoms with van der Waals surface area (Å²) in [6.45, 7) is 2.11. The number of nitrogen functional groups attached to an aromatic ring is 1. The summed E-state index contributed by atoms with van der Waals surface area (Å²) in [5.41, 5.74) is 7.73. The highest BCUT2D eigenvalue weighted by Crippen LogP contribution is 2.31. The lowest BCUT2D eigenvalue weighted by Crippen LogP contribution is -1.94. The van der Waals surface area contributed by atoms with Crippen LogP contribution in [0.1, 0.15) is 19.0 Å². The van der Waals surface area contributed by atoms with Gasteiger partial charge in [0.15, 0.2) is 5.16 Å². The standard InChI is InChI=1S/C9H14N6S/c1-3-4-6-7(10)8(15(2)14-6)16-9-11-5-12-13-9/h5H,3-4,10H2,1-2H3,(H,11,12,13). The van der Waals surface area contributed by atoms with Gasteiger partial charge in [-0.1, -0.05) is 13.3 Å². The van der Waals surface area contributed by atoms with Crippen LogP contribution in [-0.4, -0.2) is 25.0 Å². The van der Waals surface area contributed by atoms with Gasteiger partial charge in [0.2, 0.25) is 0 Å². The number of aromatic amines is 1. The highest BCUT2D eigenvalue weighted by atomic mass is 32.2. The Hall–Kier alpha value is -1.50. The first-order chi connectivity index (χ1) is 7.72. The van der Waals surface area contributed by atoms with Gasteiger partial charge in [-0.3, -0.25) is 9.78 Å². The lowest BCUT2D eigenvalue weighted by atomic mass is 10.2. The number of rotatable bonds is 4. The summed E-state index contributed by atoms with van der Waals surface area (Å²) < 4.78 is 1.79. The predicted molar refractivity (Wildman–Crippen MR) is 62.1 cm³/mol. The molecule has 2 heterocycles. The van der Waals surface area contributed by atoms with Crippen molar-refractivity contribution in [3.8, 4) is 0 Å². The first kappa shape index (κ1) is 11.0. The predicted octanol–water partition coefficient (Wildman–Crippen LogP) is 1.22. The molecule has 0 aromatic carbocycles. The van der Waals surface area contributed by atoms with Gasteiger partial charge in [0.1, 0.15) is 11.4 Å². The normalized spacial score (nSPS) is 10.9. The molecule has 0 bridgehead atoms. The van der Waals surface area contributed by atoms with E-state index in [-0.39, 0.29) is 0 Å². The first-order valence-electron chi connectivity index (χ1n) is 5.07. The third kappa shape index (κ3) is 2.04. The quantitative estimate of drug-likeness (QED) is 0.836. The van der Waals surface area contributed by atoms with E-state index in [1.165, 1.54) is 18.1 Å². The maximum absolute atomic E-state index is 6.04. The largest absolute Gasteiger partial charge is 0.395 e. The lowest BCUT2D eigenvalue weighted by Gasteiger charge is -1.99. The van der Waals surface area contributed by atoms with E-state index in [1.807, 2.05) is 7.05 Å². The molecule has 0 amide bonds. The van der Waals surface area contributed by atoms with Crippen LogP contribution in [0.25, 0.3) is 0 Å². The molecule has 0 unspecified atom stereocenters. The molecular formula is C9H14N6S. The molecule has 0 spiro atoms. The summed E-state index contributed by atoms with van der Waals surface area (Å²) in [5.74, 6) is 0. The fourth-order valence-electron chi connectivity index (χ4n) is 1.46. The summed E-state index contributed by atoms with van der Waals surface area (Å²) in [5, 5.41) is 12.6. The van der Waals surface area contributed by atoms with Crippen molar-refractivity contribution in [1.82, 2.24) is 25.0 Å². The SMILES string of the molecule is CCCc1nn(C)c(Sc2ncn[nH]2)c1N. The van der Waals surface area contributed by atoms with E-state index in [9.17, 15) is 0 Å². The minimum Gasteiger partial charge on any atom is -0.395 e. The lowest BCUT2D eigenvalue weighted by molar-refractivity contribution is 0.681. The van der Waals surface area contributed by atoms with Gasteiger partial charge >= 0.3 is 0 Å². The summed E-state index contributed by atoms with van der Waals surface area (Å²) in [6.07, 6.45) is 3.41. The number of hydrogen-bond acceptors (Lipinski definition) is 5. The maximum Gasteiger partial charge on any atom is 0.189 e. The van der Waals surface area contributed by atoms with Crippen LogP contribution in [0.15, 0.2) is 16.5 Å². The molecule has 0 aliphatic heterocycles. The molecule has 0 fully saturated rings. The molecule has 2 rings (SSSR count). The van der Waals surface area contributed by atoms with Crippen molar-refractivity contribution in [2.75, 3.05) is 5.73 Å². The summed E-state index contributed by atoms with van der Waals surface area (Å²) in [7, 11) is 1.88. The van der Waals surface area contributed by atoms with Gasteiger partial charge in [0, 0.05) is 7.05 Å². The zero-order valence-corrected chi connectivity index (χ0v) is 10.1. The second kappa shape index (κ2) is 4.56. The molecule has 86 valence electrons. The van der Waals surface area contributed by atoms with Crippen molar-refractivity contribution in [3.05, 3.63) is 12.0 Å². The Morgan fingerprint density at radius 3 is 3.00 bits per heavy atom. The second-order valence-electron chi connectivity index (χ2n) is 3.43. The van der Waals surface area contributed by atoms with Crippen LogP contribution in [0.4, 0.5) is 5.69 Å². The zero-order valence-electron chi connectivity index (χ0n) is 9.27. The van der Waals surface area contributed by atoms with E-state index < -0.39 is 0 Å². The van der Waals surface area contributed by atoms with Crippen molar-refractivity contribution >= 4 is 17.4 Å². The van der Waals surface area contributed by atoms with E-state index in [2.05, 4.69) is 27.2 Å². The van der Waals surface area contributed by atoms with E-state index in [4.69, 9.17) is 5.73 Å². The van der Waals surface area contributed by atoms with Gasteiger partial charge in [0.25, 0.3) is 0 Å². The zero-order chi connectivity index (χ0) is 11.5. The Bertz CT molecular complexity index is 461. The van der Waals surface area contributed by atoms with Crippen LogP contribution < -0.4 is 5.73 Å². The van der Waals surface area contributed by atoms with Gasteiger partial charge in [-0.05, 0) is 18.2 Å². The number of nitrogens with zero attached hydrogens (tertiary/aromatic N) is 4. The molecule has 0 radical (unpaired) electrons. The van der Waals surface area contributed by atoms with Crippen LogP contribution in [0.2, 0.25) is 0 Å². The minimum absolute atomic E-state index is 0.720. The number of aryl methyl sites for hydroxylation is 2. The summed E-state index contributed by atoms with van der Waals surface area (Å²) in [6, 6.07) is 0. The summed E-state index contributed by atoms with van der Waals surface area (Å²) in [4.78, 5) is 4.05. The average Bonchev–Trinajstić information content (AvgIpc) is 2.84. The van der Waals surface area contributed by atoms with Crippen LogP contribution in [0, 0.1) is 0 Å². The number of nitrogens with one attached hydrogen (secondary N) is 1. The van der Waals surface area contributed by atoms with Crippen molar-refractivity contribution < 1.29 is 0 Å². The molecule has 0 atom stereocenters. The third-order valence-electron chi connectivity index (χ3n) is 2.18. The monoisotopic (exact) mass is 238 g/mol. The van der Waals surface area contributed by atoms with Gasteiger partial charge in [0.05, 0.1) is 11.4 Å². The van der Waals surface area contributed by atoms with Crippen LogP contribution in [0.3, 0.4) is 0 Å². The van der Waals surface area contributed by atoms with Crippen molar-refractivity contribution in [2.24, 2.45) is 7.05 Å². The van der Waals surface area contributed by atoms with E-state index in [1.54, 1.807) is 4.68 Å². The Labute approximate surface area is 97.6 Å². The van der Waals surface area contributed by atoms with E-state index in [0.717, 1.165) is 34.4 Å². The van der Waals surface area contributed by atoms with E-state index >= 15 is 0 Å². The highest BCUT2D eigenvalue weighted by molar-refractivity contribution is 7.99. The smallest absolute Gasteiger partial charge is 0.189 e. The Kier molecular flexibility index (Phi) is 3.14. The maximum atomic E-state index is 6.04. The molecule has 0 aliphatic rings. The molecule has 0 saturated heterocycles. The molecule has 7 heteroatoms. The van der Waals surface area contributed by atoms with Gasteiger partial charge in [-0.25, -0.2) is 4.98 Å². The molecule has 16 heavy (non-hydrogen) atoms. The fraction of sp³-hybridized carbons (Fsp3) is 0.444. The molecular weight excluding hydrogens is 224 g/mol. The molecule has 2 aromatic heterocycles. The topological polar surface area (TPSA) is 85.4 Å². The molecule has 0 aliphatic carbocycles. The Morgan fingerprint density at radius 1 is 1.56 bits per heavy atom. The number of H-pyrrole nitrogens is 1. The van der Waals surface area contributed by atoms with E-state index in [0.29, 0.717) is 0 Å². The van der Waals surface area contributed by atoms with Gasteiger partial charge in [-0.15, -0.1) is 0 Å². The number of aromatic nitrogens is 5. The van der Waals surface area contributed by atoms with Crippen LogP contribution in [0.5, 0.6) is 0 Å². The average molecular weight is 238 g/mol. The highest BCUT2D eigenvalue weighted by Gasteiger charge is 2.14. The molecule has 3 N–H and O–H groups in total. The number of hydrogen-bond donors (Lipinski definition) is 2. The van der Waals surface area contributed by atoms with Gasteiger partial charge in [-0.2, -0.15) is 10.2 Å². The first-order valence-corrected chi connectivity index (χ1v) is 5.88. The molecule has 0 saturated carbocycles. The fourth-order valence-corrected chi connectivity index (χ4v) is 2.24. The van der Waals surface area contributed by atoms with Gasteiger partial charge < -0.3 is 5.73 Å². The minimum atomic E-state index is 0.720. The van der Waals surface area contributed by atoms with Crippen LogP contribution >= 0.6 is 11.8 Å². The van der Waals surface area contributed by atoms with Crippen molar-refractivity contribution in [1.29, 1.82) is 0 Å². The van der Waals surface area contributed by atoms with Crippen molar-refractivity contribution in [2.45, 2.75) is 29.9 Å². The molecule has 2 aromatic rings. The van der Waals surface area contributed by atoms with Crippen molar-refractivity contribution in [3.63, 3.8) is 0 Å². The Balaban J connectivity index is 2.26. The number of anilines is 1. The third-order valence-corrected chi connectivity index (χ3v) is 3.25. The summed E-state index contributed by atoms with van der Waals surface area (Å²) >= 11 is 1.44. The van der Waals surface area contributed by atoms with Crippen LogP contribution in [-0.2, 0) is 13.5 Å².